The third kappa shape index (κ3) is 2.76. The van der Waals surface area contributed by atoms with Crippen LogP contribution in [0, 0.1) is 0 Å². The van der Waals surface area contributed by atoms with Crippen LogP contribution in [0.15, 0.2) is 27.5 Å². The summed E-state index contributed by atoms with van der Waals surface area (Å²) in [6.45, 7) is 0. The van der Waals surface area contributed by atoms with Gasteiger partial charge < -0.3 is 9.84 Å². The lowest BCUT2D eigenvalue weighted by molar-refractivity contribution is 0.270. The number of aromatic nitrogens is 3. The van der Waals surface area contributed by atoms with Crippen LogP contribution in [0.3, 0.4) is 0 Å². The molecule has 1 aliphatic rings. The van der Waals surface area contributed by atoms with Crippen LogP contribution in [0.2, 0.25) is 0 Å². The van der Waals surface area contributed by atoms with Crippen LogP contribution in [0.4, 0.5) is 0 Å². The molecule has 1 aliphatic carbocycles. The average Bonchev–Trinajstić information content (AvgIpc) is 2.97. The van der Waals surface area contributed by atoms with Gasteiger partial charge in [0.2, 0.25) is 11.7 Å². The summed E-state index contributed by atoms with van der Waals surface area (Å²) in [5.74, 6) is 1.66. The number of halogens is 1. The molecule has 2 aromatic heterocycles. The highest BCUT2D eigenvalue weighted by Gasteiger charge is 2.30. The van der Waals surface area contributed by atoms with Crippen LogP contribution >= 0.6 is 15.9 Å². The van der Waals surface area contributed by atoms with E-state index in [2.05, 4.69) is 36.4 Å². The van der Waals surface area contributed by atoms with Gasteiger partial charge in [-0.05, 0) is 41.9 Å². The fourth-order valence-electron chi connectivity index (χ4n) is 2.81. The summed E-state index contributed by atoms with van der Waals surface area (Å²) < 4.78 is 6.40. The van der Waals surface area contributed by atoms with Gasteiger partial charge in [0.1, 0.15) is 0 Å². The van der Waals surface area contributed by atoms with Crippen LogP contribution in [0.5, 0.6) is 0 Å². The third-order valence-corrected chi connectivity index (χ3v) is 4.29. The number of nitrogens with one attached hydrogen (secondary N) is 1. The molecule has 106 valence electrons. The number of rotatable bonds is 3. The van der Waals surface area contributed by atoms with Crippen LogP contribution in [-0.2, 0) is 0 Å². The Bertz CT molecular complexity index is 586. The Kier molecular flexibility index (Phi) is 4.12. The van der Waals surface area contributed by atoms with E-state index in [0.29, 0.717) is 17.8 Å². The fourth-order valence-corrected chi connectivity index (χ4v) is 3.17. The van der Waals surface area contributed by atoms with Gasteiger partial charge in [0, 0.05) is 28.5 Å². The molecule has 20 heavy (non-hydrogen) atoms. The first-order chi connectivity index (χ1) is 9.78. The molecule has 1 N–H and O–H groups in total. The van der Waals surface area contributed by atoms with Crippen LogP contribution in [-0.4, -0.2) is 28.2 Å². The largest absolute Gasteiger partial charge is 0.339 e. The van der Waals surface area contributed by atoms with Crippen molar-refractivity contribution in [1.82, 2.24) is 20.4 Å². The second-order valence-electron chi connectivity index (χ2n) is 5.13. The lowest BCUT2D eigenvalue weighted by Gasteiger charge is -2.28. The van der Waals surface area contributed by atoms with E-state index < -0.39 is 0 Å². The molecule has 2 unspecified atom stereocenters. The second kappa shape index (κ2) is 6.01. The van der Waals surface area contributed by atoms with E-state index in [1.54, 1.807) is 12.4 Å². The molecule has 5 nitrogen and oxygen atoms in total. The SMILES string of the molecule is CNC1CCCCC1c1nc(-c2cncc(Br)c2)no1. The van der Waals surface area contributed by atoms with Gasteiger partial charge in [-0.2, -0.15) is 4.98 Å². The smallest absolute Gasteiger partial charge is 0.231 e. The average molecular weight is 337 g/mol. The lowest BCUT2D eigenvalue weighted by atomic mass is 9.84. The minimum Gasteiger partial charge on any atom is -0.339 e. The van der Waals surface area contributed by atoms with Gasteiger partial charge in [0.15, 0.2) is 0 Å². The number of nitrogens with zero attached hydrogens (tertiary/aromatic N) is 3. The molecule has 1 saturated carbocycles. The maximum atomic E-state index is 5.49. The van der Waals surface area contributed by atoms with Crippen LogP contribution < -0.4 is 5.32 Å². The van der Waals surface area contributed by atoms with Crippen LogP contribution in [0.25, 0.3) is 11.4 Å². The summed E-state index contributed by atoms with van der Waals surface area (Å²) >= 11 is 3.40. The molecule has 0 spiro atoms. The first-order valence-electron chi connectivity index (χ1n) is 6.89. The summed E-state index contributed by atoms with van der Waals surface area (Å²) in [5.41, 5.74) is 0.867. The maximum Gasteiger partial charge on any atom is 0.231 e. The lowest BCUT2D eigenvalue weighted by Crippen LogP contribution is -2.34. The summed E-state index contributed by atoms with van der Waals surface area (Å²) in [5, 5.41) is 7.46. The molecule has 2 aromatic rings. The van der Waals surface area contributed by atoms with Crippen molar-refractivity contribution in [3.05, 3.63) is 28.8 Å². The molecule has 3 rings (SSSR count). The predicted octanol–water partition coefficient (Wildman–Crippen LogP) is 3.14. The zero-order valence-corrected chi connectivity index (χ0v) is 12.9. The molecule has 0 amide bonds. The Morgan fingerprint density at radius 1 is 1.30 bits per heavy atom. The third-order valence-electron chi connectivity index (χ3n) is 3.86. The van der Waals surface area contributed by atoms with E-state index in [0.717, 1.165) is 28.8 Å². The van der Waals surface area contributed by atoms with Crippen molar-refractivity contribution in [1.29, 1.82) is 0 Å². The first-order valence-corrected chi connectivity index (χ1v) is 7.69. The normalized spacial score (nSPS) is 22.9. The molecular formula is C14H17BrN4O. The van der Waals surface area contributed by atoms with Crippen molar-refractivity contribution in [3.63, 3.8) is 0 Å². The predicted molar refractivity (Wildman–Crippen MR) is 79.3 cm³/mol. The molecule has 0 aromatic carbocycles. The van der Waals surface area contributed by atoms with Crippen molar-refractivity contribution < 1.29 is 4.52 Å². The van der Waals surface area contributed by atoms with Crippen LogP contribution in [0.1, 0.15) is 37.5 Å². The van der Waals surface area contributed by atoms with Crippen molar-refractivity contribution in [2.24, 2.45) is 0 Å². The Morgan fingerprint density at radius 2 is 2.15 bits per heavy atom. The highest BCUT2D eigenvalue weighted by Crippen LogP contribution is 2.33. The molecule has 0 bridgehead atoms. The van der Waals surface area contributed by atoms with E-state index in [1.807, 2.05) is 13.1 Å². The molecule has 6 heteroatoms. The number of likely N-dealkylation sites (N-methyl/N-ethyl adjacent to an activating group) is 1. The summed E-state index contributed by atoms with van der Waals surface area (Å²) in [7, 11) is 2.00. The molecule has 2 heterocycles. The molecule has 2 atom stereocenters. The number of hydrogen-bond acceptors (Lipinski definition) is 5. The highest BCUT2D eigenvalue weighted by molar-refractivity contribution is 9.10. The monoisotopic (exact) mass is 336 g/mol. The number of hydrogen-bond donors (Lipinski definition) is 1. The Balaban J connectivity index is 1.86. The summed E-state index contributed by atoms with van der Waals surface area (Å²) in [6, 6.07) is 2.37. The van der Waals surface area contributed by atoms with Crippen molar-refractivity contribution in [2.45, 2.75) is 37.6 Å². The highest BCUT2D eigenvalue weighted by atomic mass is 79.9. The minimum absolute atomic E-state index is 0.315. The Labute approximate surface area is 126 Å². The standard InChI is InChI=1S/C14H17BrN4O/c1-16-12-5-3-2-4-11(12)14-18-13(19-20-14)9-6-10(15)8-17-7-9/h6-8,11-12,16H,2-5H2,1H3. The van der Waals surface area contributed by atoms with Gasteiger partial charge in [-0.15, -0.1) is 0 Å². The first kappa shape index (κ1) is 13.7. The second-order valence-corrected chi connectivity index (χ2v) is 6.05. The van der Waals surface area contributed by atoms with Crippen molar-refractivity contribution >= 4 is 15.9 Å². The Morgan fingerprint density at radius 3 is 2.95 bits per heavy atom. The summed E-state index contributed by atoms with van der Waals surface area (Å²) in [6.07, 6.45) is 8.23. The van der Waals surface area contributed by atoms with Gasteiger partial charge in [-0.3, -0.25) is 4.98 Å². The molecule has 0 aliphatic heterocycles. The summed E-state index contributed by atoms with van der Waals surface area (Å²) in [4.78, 5) is 8.70. The van der Waals surface area contributed by atoms with E-state index >= 15 is 0 Å². The topological polar surface area (TPSA) is 63.8 Å². The quantitative estimate of drug-likeness (QED) is 0.932. The van der Waals surface area contributed by atoms with Gasteiger partial charge in [-0.1, -0.05) is 18.0 Å². The van der Waals surface area contributed by atoms with E-state index in [-0.39, 0.29) is 0 Å². The van der Waals surface area contributed by atoms with Gasteiger partial charge in [0.25, 0.3) is 0 Å². The van der Waals surface area contributed by atoms with E-state index in [4.69, 9.17) is 4.52 Å². The van der Waals surface area contributed by atoms with Gasteiger partial charge >= 0.3 is 0 Å². The van der Waals surface area contributed by atoms with Gasteiger partial charge in [0.05, 0.1) is 5.92 Å². The van der Waals surface area contributed by atoms with E-state index in [1.165, 1.54) is 12.8 Å². The Hall–Kier alpha value is -1.27. The molecule has 1 fully saturated rings. The molecular weight excluding hydrogens is 320 g/mol. The fraction of sp³-hybridized carbons (Fsp3) is 0.500. The zero-order chi connectivity index (χ0) is 13.9. The minimum atomic E-state index is 0.315. The zero-order valence-electron chi connectivity index (χ0n) is 11.3. The van der Waals surface area contributed by atoms with Crippen molar-refractivity contribution in [2.75, 3.05) is 7.05 Å². The van der Waals surface area contributed by atoms with E-state index in [9.17, 15) is 0 Å². The molecule has 0 radical (unpaired) electrons. The molecule has 0 saturated heterocycles. The maximum absolute atomic E-state index is 5.49. The van der Waals surface area contributed by atoms with Gasteiger partial charge in [-0.25, -0.2) is 0 Å². The number of pyridine rings is 1. The van der Waals surface area contributed by atoms with Crippen molar-refractivity contribution in [3.8, 4) is 11.4 Å².